The van der Waals surface area contributed by atoms with Gasteiger partial charge in [0.25, 0.3) is 0 Å². The molecule has 0 unspecified atom stereocenters. The van der Waals surface area contributed by atoms with E-state index in [1.807, 2.05) is 0 Å². The fourth-order valence-electron chi connectivity index (χ4n) is 2.66. The summed E-state index contributed by atoms with van der Waals surface area (Å²) < 4.78 is 31.8. The van der Waals surface area contributed by atoms with Gasteiger partial charge < -0.3 is 10.3 Å². The molecule has 132 valence electrons. The molecule has 1 rings (SSSR count). The molecule has 0 atom stereocenters. The summed E-state index contributed by atoms with van der Waals surface area (Å²) in [6.45, 7) is 6.52. The first kappa shape index (κ1) is 19.8. The molecule has 0 spiro atoms. The van der Waals surface area contributed by atoms with Gasteiger partial charge in [0, 0.05) is 0 Å². The summed E-state index contributed by atoms with van der Waals surface area (Å²) in [6, 6.07) is 0. The summed E-state index contributed by atoms with van der Waals surface area (Å²) in [5.74, 6) is -0.784. The second-order valence-electron chi connectivity index (χ2n) is 6.88. The largest absolute Gasteiger partial charge is 0.457 e. The van der Waals surface area contributed by atoms with Crippen molar-refractivity contribution in [2.24, 2.45) is 0 Å². The van der Waals surface area contributed by atoms with E-state index in [9.17, 15) is 18.7 Å². The van der Waals surface area contributed by atoms with Crippen molar-refractivity contribution in [2.75, 3.05) is 6.61 Å². The van der Waals surface area contributed by atoms with Crippen LogP contribution in [-0.2, 0) is 19.6 Å². The van der Waals surface area contributed by atoms with Crippen LogP contribution in [0.15, 0.2) is 0 Å². The number of ether oxygens (including phenoxy) is 1. The monoisotopic (exact) mass is 345 g/mol. The quantitative estimate of drug-likeness (QED) is 0.270. The zero-order valence-electron chi connectivity index (χ0n) is 14.4. The highest BCUT2D eigenvalue weighted by Gasteiger charge is 2.51. The third-order valence-electron chi connectivity index (χ3n) is 4.12. The zero-order valence-corrected chi connectivity index (χ0v) is 15.2. The summed E-state index contributed by atoms with van der Waals surface area (Å²) in [5.41, 5.74) is 7.91. The van der Waals surface area contributed by atoms with Gasteiger partial charge >= 0.3 is 11.7 Å². The molecule has 0 bridgehead atoms. The molecular weight excluding hydrogens is 318 g/mol. The van der Waals surface area contributed by atoms with Crippen LogP contribution in [0.2, 0.25) is 0 Å². The number of nitrogens with zero attached hydrogens (tertiary/aromatic N) is 2. The Balaban J connectivity index is 3.33. The summed E-state index contributed by atoms with van der Waals surface area (Å²) in [5, 5.41) is 0. The number of carbonyl (C=O) groups excluding carboxylic acids is 1. The number of sulfonamides is 1. The number of carbonyl (C=O) groups is 1. The molecule has 0 amide bonds. The number of rotatable bonds is 5. The Kier molecular flexibility index (Phi) is 6.50. The van der Waals surface area contributed by atoms with Crippen molar-refractivity contribution in [1.29, 1.82) is 0 Å². The zero-order chi connectivity index (χ0) is 17.7. The van der Waals surface area contributed by atoms with E-state index in [0.29, 0.717) is 12.8 Å². The second kappa shape index (κ2) is 7.55. The average molecular weight is 345 g/mol. The van der Waals surface area contributed by atoms with Crippen LogP contribution in [0.25, 0.3) is 5.53 Å². The second-order valence-corrected chi connectivity index (χ2v) is 9.32. The molecule has 1 fully saturated rings. The maximum Gasteiger partial charge on any atom is 0.419 e. The van der Waals surface area contributed by atoms with Gasteiger partial charge in [0.15, 0.2) is 0 Å². The van der Waals surface area contributed by atoms with Crippen LogP contribution >= 0.6 is 0 Å². The van der Waals surface area contributed by atoms with Gasteiger partial charge in [-0.2, -0.15) is 9.51 Å². The van der Waals surface area contributed by atoms with Crippen molar-refractivity contribution >= 4 is 21.7 Å². The van der Waals surface area contributed by atoms with Crippen LogP contribution in [0.3, 0.4) is 0 Å². The van der Waals surface area contributed by atoms with Crippen LogP contribution in [-0.4, -0.2) is 41.8 Å². The van der Waals surface area contributed by atoms with Crippen LogP contribution in [0.4, 0.5) is 0 Å². The summed E-state index contributed by atoms with van der Waals surface area (Å²) in [4.78, 5) is 15.3. The van der Waals surface area contributed by atoms with Crippen LogP contribution < -0.4 is 4.72 Å². The minimum Gasteiger partial charge on any atom is -0.457 e. The van der Waals surface area contributed by atoms with Gasteiger partial charge in [-0.25, -0.2) is 13.2 Å². The SMILES string of the molecule is CCOC(=O)C(=[N+]=[N-])C1(NS(=O)(=O)C(C)(C)C)CCCCCC1. The maximum absolute atomic E-state index is 12.6. The van der Waals surface area contributed by atoms with E-state index in [1.165, 1.54) is 0 Å². The van der Waals surface area contributed by atoms with Crippen LogP contribution in [0.5, 0.6) is 0 Å². The van der Waals surface area contributed by atoms with Crippen molar-refractivity contribution < 1.29 is 22.7 Å². The van der Waals surface area contributed by atoms with Gasteiger partial charge in [-0.15, -0.1) is 0 Å². The Morgan fingerprint density at radius 2 is 1.74 bits per heavy atom. The highest BCUT2D eigenvalue weighted by atomic mass is 32.2. The fraction of sp³-hybridized carbons (Fsp3) is 0.867. The molecule has 1 N–H and O–H groups in total. The van der Waals surface area contributed by atoms with Crippen molar-refractivity contribution in [3.63, 3.8) is 0 Å². The van der Waals surface area contributed by atoms with Crippen molar-refractivity contribution in [2.45, 2.75) is 76.5 Å². The van der Waals surface area contributed by atoms with Gasteiger partial charge in [-0.1, -0.05) is 25.7 Å². The number of hydrogen-bond donors (Lipinski definition) is 1. The lowest BCUT2D eigenvalue weighted by Crippen LogP contribution is -2.60. The van der Waals surface area contributed by atoms with Crippen molar-refractivity contribution in [3.05, 3.63) is 5.53 Å². The molecule has 0 saturated heterocycles. The lowest BCUT2D eigenvalue weighted by atomic mass is 9.86. The summed E-state index contributed by atoms with van der Waals surface area (Å²) in [7, 11) is -3.73. The molecule has 0 radical (unpaired) electrons. The molecular formula is C15H27N3O4S. The van der Waals surface area contributed by atoms with Gasteiger partial charge in [0.2, 0.25) is 10.0 Å². The van der Waals surface area contributed by atoms with E-state index in [0.717, 1.165) is 25.7 Å². The Morgan fingerprint density at radius 1 is 1.22 bits per heavy atom. The predicted molar refractivity (Wildman–Crippen MR) is 87.5 cm³/mol. The first-order valence-corrected chi connectivity index (χ1v) is 9.51. The minimum atomic E-state index is -3.73. The van der Waals surface area contributed by atoms with Gasteiger partial charge in [0.05, 0.1) is 11.4 Å². The highest BCUT2D eigenvalue weighted by molar-refractivity contribution is 7.90. The molecule has 7 nitrogen and oxygen atoms in total. The third-order valence-corrected chi connectivity index (χ3v) is 6.39. The molecule has 1 saturated carbocycles. The molecule has 0 aromatic rings. The van der Waals surface area contributed by atoms with Crippen molar-refractivity contribution in [1.82, 2.24) is 4.72 Å². The van der Waals surface area contributed by atoms with E-state index in [1.54, 1.807) is 27.7 Å². The van der Waals surface area contributed by atoms with Gasteiger partial charge in [-0.3, -0.25) is 0 Å². The number of nitrogens with one attached hydrogen (secondary N) is 1. The van der Waals surface area contributed by atoms with Gasteiger partial charge in [-0.05, 0) is 40.5 Å². The number of hydrogen-bond acceptors (Lipinski definition) is 4. The molecule has 8 heteroatoms. The third kappa shape index (κ3) is 4.62. The molecule has 0 aliphatic heterocycles. The highest BCUT2D eigenvalue weighted by Crippen LogP contribution is 2.31. The Bertz CT molecular complexity index is 578. The first-order chi connectivity index (χ1) is 10.6. The lowest BCUT2D eigenvalue weighted by molar-refractivity contribution is -0.141. The molecule has 1 aliphatic rings. The fourth-order valence-corrected chi connectivity index (χ4v) is 3.78. The van der Waals surface area contributed by atoms with Crippen LogP contribution in [0.1, 0.15) is 66.2 Å². The normalized spacial score (nSPS) is 18.6. The maximum atomic E-state index is 12.6. The van der Waals surface area contributed by atoms with E-state index in [2.05, 4.69) is 9.51 Å². The summed E-state index contributed by atoms with van der Waals surface area (Å²) in [6.07, 6.45) is 4.18. The molecule has 23 heavy (non-hydrogen) atoms. The van der Waals surface area contributed by atoms with E-state index in [-0.39, 0.29) is 12.3 Å². The smallest absolute Gasteiger partial charge is 0.419 e. The Labute approximate surface area is 138 Å². The standard InChI is InChI=1S/C15H27N3O4S/c1-5-22-13(19)12(17-16)15(10-8-6-7-9-11-15)18-23(20,21)14(2,3)4/h18H,5-11H2,1-4H3. The Hall–Kier alpha value is -1.24. The topological polar surface area (TPSA) is 109 Å². The predicted octanol–water partition coefficient (Wildman–Crippen LogP) is 2.03. The van der Waals surface area contributed by atoms with Gasteiger partial charge in [0.1, 0.15) is 5.54 Å². The lowest BCUT2D eigenvalue weighted by Gasteiger charge is -2.32. The van der Waals surface area contributed by atoms with Crippen LogP contribution in [0, 0.1) is 0 Å². The number of esters is 1. The molecule has 1 aliphatic carbocycles. The first-order valence-electron chi connectivity index (χ1n) is 8.03. The average Bonchev–Trinajstić information content (AvgIpc) is 2.64. The van der Waals surface area contributed by atoms with E-state index >= 15 is 0 Å². The molecule has 0 aromatic heterocycles. The molecule has 0 heterocycles. The summed E-state index contributed by atoms with van der Waals surface area (Å²) >= 11 is 0. The van der Waals surface area contributed by atoms with Crippen molar-refractivity contribution in [3.8, 4) is 0 Å². The Morgan fingerprint density at radius 3 is 2.13 bits per heavy atom. The molecule has 0 aromatic carbocycles. The van der Waals surface area contributed by atoms with E-state index < -0.39 is 26.3 Å². The minimum absolute atomic E-state index is 0.125. The van der Waals surface area contributed by atoms with E-state index in [4.69, 9.17) is 4.74 Å².